The molecule has 0 aliphatic carbocycles. The Balaban J connectivity index is 1.93. The fraction of sp³-hybridized carbons (Fsp3) is 0.667. The van der Waals surface area contributed by atoms with Crippen molar-refractivity contribution in [2.24, 2.45) is 5.92 Å². The summed E-state index contributed by atoms with van der Waals surface area (Å²) in [6.07, 6.45) is 7.76. The van der Waals surface area contributed by atoms with E-state index in [0.29, 0.717) is 13.0 Å². The number of H-pyrrole nitrogens is 1. The molecule has 186 valence electrons. The molecule has 33 heavy (non-hydrogen) atoms. The summed E-state index contributed by atoms with van der Waals surface area (Å²) >= 11 is 0. The van der Waals surface area contributed by atoms with Crippen molar-refractivity contribution < 1.29 is 23.5 Å². The van der Waals surface area contributed by atoms with Crippen LogP contribution in [0.4, 0.5) is 0 Å². The lowest BCUT2D eigenvalue weighted by atomic mass is 10.0. The predicted octanol–water partition coefficient (Wildman–Crippen LogP) is 1.25. The number of rotatable bonds is 14. The summed E-state index contributed by atoms with van der Waals surface area (Å²) in [6.45, 7) is 3.62. The first-order valence-corrected chi connectivity index (χ1v) is 12.3. The summed E-state index contributed by atoms with van der Waals surface area (Å²) in [4.78, 5) is 48.3. The predicted molar refractivity (Wildman–Crippen MR) is 126 cm³/mol. The molecule has 1 saturated heterocycles. The van der Waals surface area contributed by atoms with E-state index in [0.717, 1.165) is 32.2 Å². The van der Waals surface area contributed by atoms with Crippen molar-refractivity contribution in [2.75, 3.05) is 33.9 Å². The third-order valence-corrected chi connectivity index (χ3v) is 6.10. The van der Waals surface area contributed by atoms with Crippen molar-refractivity contribution in [2.45, 2.75) is 51.4 Å². The molecule has 1 fully saturated rings. The Hall–Kier alpha value is -1.88. The van der Waals surface area contributed by atoms with Gasteiger partial charge in [-0.3, -0.25) is 19.1 Å². The monoisotopic (exact) mass is 486 g/mol. The second-order valence-corrected chi connectivity index (χ2v) is 9.05. The molecule has 1 aromatic rings. The lowest BCUT2D eigenvalue weighted by molar-refractivity contribution is -0.116. The first-order chi connectivity index (χ1) is 15.8. The van der Waals surface area contributed by atoms with Gasteiger partial charge in [0.2, 0.25) is 5.91 Å². The molecule has 2 rings (SSSR count). The van der Waals surface area contributed by atoms with Gasteiger partial charge in [-0.2, -0.15) is 0 Å². The van der Waals surface area contributed by atoms with Crippen LogP contribution >= 0.6 is 8.60 Å². The Labute approximate surface area is 194 Å². The molecule has 1 aliphatic rings. The maximum atomic E-state index is 12.3. The minimum absolute atomic E-state index is 0.0529. The molecule has 0 spiro atoms. The third-order valence-electron chi connectivity index (χ3n) is 5.42. The molecule has 1 aliphatic heterocycles. The van der Waals surface area contributed by atoms with Gasteiger partial charge in [0, 0.05) is 25.9 Å². The highest BCUT2D eigenvalue weighted by Gasteiger charge is 2.34. The molecule has 2 heterocycles. The largest absolute Gasteiger partial charge is 0.353 e. The Morgan fingerprint density at radius 2 is 2.06 bits per heavy atom. The molecule has 0 saturated carbocycles. The van der Waals surface area contributed by atoms with Crippen LogP contribution in [-0.4, -0.2) is 60.3 Å². The van der Waals surface area contributed by atoms with Crippen molar-refractivity contribution in [1.29, 1.82) is 0 Å². The van der Waals surface area contributed by atoms with Crippen LogP contribution in [0.25, 0.3) is 6.08 Å². The molecule has 0 radical (unpaired) electrons. The van der Waals surface area contributed by atoms with E-state index in [9.17, 15) is 19.3 Å². The van der Waals surface area contributed by atoms with Crippen LogP contribution in [0, 0.1) is 5.92 Å². The van der Waals surface area contributed by atoms with Gasteiger partial charge >= 0.3 is 14.3 Å². The number of carbonyl (C=O) groups excluding carboxylic acids is 1. The van der Waals surface area contributed by atoms with Crippen molar-refractivity contribution in [1.82, 2.24) is 20.2 Å². The third kappa shape index (κ3) is 9.11. The van der Waals surface area contributed by atoms with Crippen LogP contribution in [-0.2, 0) is 18.6 Å². The van der Waals surface area contributed by atoms with Gasteiger partial charge in [0.05, 0.1) is 18.3 Å². The Bertz CT molecular complexity index is 888. The zero-order valence-electron chi connectivity index (χ0n) is 19.4. The summed E-state index contributed by atoms with van der Waals surface area (Å²) in [7, 11) is 1.30. The number of unbranched alkanes of at least 4 members (excludes halogenated alkanes) is 3. The number of ether oxygens (including phenoxy) is 1. The van der Waals surface area contributed by atoms with Crippen LogP contribution in [0.5, 0.6) is 0 Å². The Kier molecular flexibility index (Phi) is 11.9. The average molecular weight is 487 g/mol. The first-order valence-electron chi connectivity index (χ1n) is 11.1. The molecular weight excluding hydrogens is 451 g/mol. The average Bonchev–Trinajstić information content (AvgIpc) is 3.16. The molecule has 0 bridgehead atoms. The fourth-order valence-corrected chi connectivity index (χ4v) is 3.86. The Morgan fingerprint density at radius 1 is 1.33 bits per heavy atom. The lowest BCUT2D eigenvalue weighted by Crippen LogP contribution is -2.33. The van der Waals surface area contributed by atoms with Gasteiger partial charge in [-0.1, -0.05) is 19.8 Å². The smallest absolute Gasteiger partial charge is 0.330 e. The lowest BCUT2D eigenvalue weighted by Gasteiger charge is -2.17. The molecular formula is C21H35N4O7P. The molecule has 4 unspecified atom stereocenters. The minimum Gasteiger partial charge on any atom is -0.353 e. The molecule has 1 aromatic heterocycles. The topological polar surface area (TPSA) is 144 Å². The molecule has 1 amide bonds. The normalized spacial score (nSPS) is 21.5. The minimum atomic E-state index is -1.96. The van der Waals surface area contributed by atoms with Gasteiger partial charge in [-0.15, -0.1) is 0 Å². The maximum absolute atomic E-state index is 12.3. The number of aromatic amines is 1. The van der Waals surface area contributed by atoms with Crippen molar-refractivity contribution in [3.05, 3.63) is 38.7 Å². The second-order valence-electron chi connectivity index (χ2n) is 7.95. The number of nitrogens with one attached hydrogen (secondary N) is 3. The molecule has 4 N–H and O–H groups in total. The second kappa shape index (κ2) is 14.4. The van der Waals surface area contributed by atoms with E-state index in [4.69, 9.17) is 13.8 Å². The summed E-state index contributed by atoms with van der Waals surface area (Å²) in [6, 6.07) is 0. The van der Waals surface area contributed by atoms with E-state index in [-0.39, 0.29) is 30.1 Å². The number of hydrogen-bond acceptors (Lipinski definition) is 8. The van der Waals surface area contributed by atoms with Gasteiger partial charge in [-0.25, -0.2) is 4.79 Å². The summed E-state index contributed by atoms with van der Waals surface area (Å²) < 4.78 is 17.1. The summed E-state index contributed by atoms with van der Waals surface area (Å²) in [5.74, 6) is -0.249. The van der Waals surface area contributed by atoms with Crippen molar-refractivity contribution in [3.63, 3.8) is 0 Å². The fourth-order valence-electron chi connectivity index (χ4n) is 3.48. The number of hydrogen-bond donors (Lipinski definition) is 4. The van der Waals surface area contributed by atoms with Gasteiger partial charge in [0.25, 0.3) is 5.56 Å². The molecule has 0 aromatic carbocycles. The van der Waals surface area contributed by atoms with Gasteiger partial charge in [-0.05, 0) is 44.8 Å². The molecule has 4 atom stereocenters. The van der Waals surface area contributed by atoms with Crippen LogP contribution in [0.15, 0.2) is 21.9 Å². The van der Waals surface area contributed by atoms with Crippen LogP contribution < -0.4 is 21.9 Å². The first kappa shape index (κ1) is 27.4. The van der Waals surface area contributed by atoms with Gasteiger partial charge in [0.1, 0.15) is 6.23 Å². The van der Waals surface area contributed by atoms with Crippen molar-refractivity contribution in [3.8, 4) is 0 Å². The van der Waals surface area contributed by atoms with E-state index in [1.54, 1.807) is 0 Å². The van der Waals surface area contributed by atoms with Crippen molar-refractivity contribution >= 4 is 20.6 Å². The van der Waals surface area contributed by atoms with E-state index in [2.05, 4.69) is 15.6 Å². The standard InChI is InChI=1S/C21H35N4O7P/c1-15-12-19(32-17(15)14-31-33(29)30-3)25-13-16(20(27)24-21(25)28)8-9-18(26)23-11-7-5-4-6-10-22-2/h8-9,13,15,17,19,22,29H,4-7,10-12,14H2,1-3H3,(H,23,26)(H,24,27,28)/b9-8+. The molecule has 11 nitrogen and oxygen atoms in total. The van der Waals surface area contributed by atoms with E-state index >= 15 is 0 Å². The molecule has 12 heteroatoms. The number of nitrogens with zero attached hydrogens (tertiary/aromatic N) is 1. The quantitative estimate of drug-likeness (QED) is 0.175. The number of carbonyl (C=O) groups is 1. The summed E-state index contributed by atoms with van der Waals surface area (Å²) in [5.41, 5.74) is -1.01. The highest BCUT2D eigenvalue weighted by atomic mass is 31.2. The number of amides is 1. The van der Waals surface area contributed by atoms with E-state index in [1.165, 1.54) is 30.0 Å². The van der Waals surface area contributed by atoms with Gasteiger partial charge in [0.15, 0.2) is 0 Å². The zero-order valence-corrected chi connectivity index (χ0v) is 20.3. The van der Waals surface area contributed by atoms with E-state index < -0.39 is 26.1 Å². The van der Waals surface area contributed by atoms with Crippen LogP contribution in [0.2, 0.25) is 0 Å². The van der Waals surface area contributed by atoms with Crippen LogP contribution in [0.3, 0.4) is 0 Å². The highest BCUT2D eigenvalue weighted by Crippen LogP contribution is 2.37. The zero-order chi connectivity index (χ0) is 24.2. The van der Waals surface area contributed by atoms with E-state index in [1.807, 2.05) is 14.0 Å². The maximum Gasteiger partial charge on any atom is 0.330 e. The van der Waals surface area contributed by atoms with Gasteiger partial charge < -0.3 is 29.3 Å². The summed E-state index contributed by atoms with van der Waals surface area (Å²) in [5, 5.41) is 5.89. The Morgan fingerprint density at radius 3 is 2.76 bits per heavy atom. The SMILES string of the molecule is CNCCCCCCNC(=O)/C=C/c1cn(C2CC(C)C(COP(O)OC)O2)c(=O)[nH]c1=O. The van der Waals surface area contributed by atoms with Crippen LogP contribution in [0.1, 0.15) is 50.8 Å². The number of aromatic nitrogens is 2. The highest BCUT2D eigenvalue weighted by molar-refractivity contribution is 7.40.